The maximum absolute atomic E-state index is 12.7. The summed E-state index contributed by atoms with van der Waals surface area (Å²) in [6.45, 7) is 10.2. The summed E-state index contributed by atoms with van der Waals surface area (Å²) in [5.74, 6) is 1.59. The van der Waals surface area contributed by atoms with Gasteiger partial charge in [-0.15, -0.1) is 0 Å². The number of carbonyl (C=O) groups is 1. The van der Waals surface area contributed by atoms with Crippen molar-refractivity contribution in [3.63, 3.8) is 0 Å². The number of hydrogen-bond donors (Lipinski definition) is 1. The molecule has 0 radical (unpaired) electrons. The van der Waals surface area contributed by atoms with E-state index in [4.69, 9.17) is 9.47 Å². The standard InChI is InChI=1S/C31H42N2O3/c1-6-7-8-9-10-11-20-36-27-15-13-24(22-28(27)35-5)16-18-31-30(3,4)25-21-23(2)12-14-26(25)33(31)19-17-29(34)32-31/h12-16,18,21-22H,6-11,17,19-20H2,1-5H3,(H,32,34). The number of unbranched alkanes of at least 4 members (excludes halogenated alkanes) is 5. The van der Waals surface area contributed by atoms with Gasteiger partial charge in [-0.2, -0.15) is 0 Å². The van der Waals surface area contributed by atoms with E-state index in [1.807, 2.05) is 12.1 Å². The number of hydrogen-bond acceptors (Lipinski definition) is 4. The van der Waals surface area contributed by atoms with Gasteiger partial charge in [-0.1, -0.05) is 82.7 Å². The third kappa shape index (κ3) is 4.98. The molecule has 2 aliphatic heterocycles. The molecule has 5 nitrogen and oxygen atoms in total. The summed E-state index contributed by atoms with van der Waals surface area (Å²) in [7, 11) is 1.68. The average Bonchev–Trinajstić information content (AvgIpc) is 3.05. The lowest BCUT2D eigenvalue weighted by Crippen LogP contribution is -2.68. The molecule has 0 aromatic heterocycles. The van der Waals surface area contributed by atoms with Gasteiger partial charge in [0.2, 0.25) is 5.91 Å². The van der Waals surface area contributed by atoms with Crippen LogP contribution in [0, 0.1) is 6.92 Å². The van der Waals surface area contributed by atoms with Gasteiger partial charge >= 0.3 is 0 Å². The molecule has 36 heavy (non-hydrogen) atoms. The molecule has 0 spiro atoms. The molecule has 0 saturated carbocycles. The van der Waals surface area contributed by atoms with E-state index in [-0.39, 0.29) is 11.3 Å². The Hall–Kier alpha value is -2.95. The van der Waals surface area contributed by atoms with E-state index in [1.165, 1.54) is 48.9 Å². The summed E-state index contributed by atoms with van der Waals surface area (Å²) in [5, 5.41) is 3.36. The molecular weight excluding hydrogens is 448 g/mol. The van der Waals surface area contributed by atoms with Gasteiger partial charge in [0.05, 0.1) is 13.7 Å². The van der Waals surface area contributed by atoms with Crippen LogP contribution in [-0.4, -0.2) is 31.8 Å². The third-order valence-corrected chi connectivity index (χ3v) is 7.85. The Balaban J connectivity index is 1.53. The molecule has 5 heteroatoms. The van der Waals surface area contributed by atoms with Crippen molar-refractivity contribution in [2.24, 2.45) is 0 Å². The maximum atomic E-state index is 12.7. The van der Waals surface area contributed by atoms with Crippen LogP contribution in [0.3, 0.4) is 0 Å². The minimum absolute atomic E-state index is 0.0875. The van der Waals surface area contributed by atoms with E-state index in [9.17, 15) is 4.79 Å². The summed E-state index contributed by atoms with van der Waals surface area (Å²) in [6.07, 6.45) is 12.2. The van der Waals surface area contributed by atoms with Crippen molar-refractivity contribution in [3.8, 4) is 11.5 Å². The van der Waals surface area contributed by atoms with E-state index in [0.717, 1.165) is 23.5 Å². The highest BCUT2D eigenvalue weighted by Gasteiger charge is 2.57. The minimum atomic E-state index is -0.626. The number of anilines is 1. The lowest BCUT2D eigenvalue weighted by Gasteiger charge is -2.49. The maximum Gasteiger partial charge on any atom is 0.223 e. The highest BCUT2D eigenvalue weighted by Crippen LogP contribution is 2.52. The van der Waals surface area contributed by atoms with Crippen LogP contribution in [0.1, 0.15) is 82.4 Å². The van der Waals surface area contributed by atoms with Crippen molar-refractivity contribution in [1.29, 1.82) is 0 Å². The molecule has 0 bridgehead atoms. The van der Waals surface area contributed by atoms with Crippen molar-refractivity contribution < 1.29 is 14.3 Å². The highest BCUT2D eigenvalue weighted by molar-refractivity contribution is 5.84. The van der Waals surface area contributed by atoms with Crippen molar-refractivity contribution in [3.05, 3.63) is 59.2 Å². The number of nitrogens with one attached hydrogen (secondary N) is 1. The molecule has 1 atom stereocenters. The average molecular weight is 491 g/mol. The quantitative estimate of drug-likeness (QED) is 0.353. The van der Waals surface area contributed by atoms with Crippen LogP contribution in [0.4, 0.5) is 5.69 Å². The van der Waals surface area contributed by atoms with Crippen molar-refractivity contribution >= 4 is 17.7 Å². The van der Waals surface area contributed by atoms with Gasteiger partial charge in [0.1, 0.15) is 5.66 Å². The van der Waals surface area contributed by atoms with Gasteiger partial charge in [-0.3, -0.25) is 4.79 Å². The van der Waals surface area contributed by atoms with Gasteiger partial charge in [0.15, 0.2) is 11.5 Å². The molecule has 2 aromatic carbocycles. The number of fused-ring (bicyclic) bond motifs is 3. The van der Waals surface area contributed by atoms with Gasteiger partial charge in [0.25, 0.3) is 0 Å². The molecule has 4 rings (SSSR count). The first-order valence-corrected chi connectivity index (χ1v) is 13.5. The first kappa shape index (κ1) is 26.1. The fraction of sp³-hybridized carbons (Fsp3) is 0.516. The van der Waals surface area contributed by atoms with Gasteiger partial charge in [-0.25, -0.2) is 0 Å². The Kier molecular flexibility index (Phi) is 7.97. The summed E-state index contributed by atoms with van der Waals surface area (Å²) >= 11 is 0. The summed E-state index contributed by atoms with van der Waals surface area (Å²) < 4.78 is 11.7. The normalized spacial score (nSPS) is 20.2. The largest absolute Gasteiger partial charge is 0.493 e. The van der Waals surface area contributed by atoms with Crippen molar-refractivity contribution in [2.45, 2.75) is 83.7 Å². The van der Waals surface area contributed by atoms with Crippen LogP contribution in [0.2, 0.25) is 0 Å². The van der Waals surface area contributed by atoms with E-state index in [0.29, 0.717) is 19.6 Å². The van der Waals surface area contributed by atoms with Crippen LogP contribution >= 0.6 is 0 Å². The molecule has 1 saturated heterocycles. The highest BCUT2D eigenvalue weighted by atomic mass is 16.5. The lowest BCUT2D eigenvalue weighted by molar-refractivity contribution is -0.124. The summed E-state index contributed by atoms with van der Waals surface area (Å²) in [4.78, 5) is 15.0. The van der Waals surface area contributed by atoms with Crippen molar-refractivity contribution in [2.75, 3.05) is 25.2 Å². The number of aryl methyl sites for hydroxylation is 1. The zero-order valence-electron chi connectivity index (χ0n) is 22.7. The van der Waals surface area contributed by atoms with E-state index >= 15 is 0 Å². The second kappa shape index (κ2) is 11.0. The van der Waals surface area contributed by atoms with Gasteiger partial charge in [-0.05, 0) is 48.7 Å². The Bertz CT molecular complexity index is 1110. The van der Waals surface area contributed by atoms with E-state index < -0.39 is 5.66 Å². The van der Waals surface area contributed by atoms with Crippen LogP contribution < -0.4 is 19.7 Å². The molecule has 1 fully saturated rings. The predicted molar refractivity (Wildman–Crippen MR) is 148 cm³/mol. The molecule has 1 N–H and O–H groups in total. The fourth-order valence-electron chi connectivity index (χ4n) is 5.66. The molecule has 2 aromatic rings. The van der Waals surface area contributed by atoms with Crippen LogP contribution in [0.25, 0.3) is 6.08 Å². The number of carbonyl (C=O) groups excluding carboxylic acids is 1. The molecule has 194 valence electrons. The number of benzene rings is 2. The molecule has 1 amide bonds. The topological polar surface area (TPSA) is 50.8 Å². The summed E-state index contributed by atoms with van der Waals surface area (Å²) in [5.41, 5.74) is 3.78. The monoisotopic (exact) mass is 490 g/mol. The van der Waals surface area contributed by atoms with Gasteiger partial charge in [0, 0.05) is 24.1 Å². The second-order valence-electron chi connectivity index (χ2n) is 10.7. The molecule has 0 aliphatic carbocycles. The Morgan fingerprint density at radius 2 is 1.81 bits per heavy atom. The Morgan fingerprint density at radius 3 is 2.58 bits per heavy atom. The first-order valence-electron chi connectivity index (χ1n) is 13.5. The molecule has 2 heterocycles. The molecule has 1 unspecified atom stereocenters. The third-order valence-electron chi connectivity index (χ3n) is 7.85. The number of methoxy groups -OCH3 is 1. The fourth-order valence-corrected chi connectivity index (χ4v) is 5.66. The number of rotatable bonds is 11. The smallest absolute Gasteiger partial charge is 0.223 e. The van der Waals surface area contributed by atoms with Crippen LogP contribution in [-0.2, 0) is 10.2 Å². The number of amides is 1. The first-order chi connectivity index (χ1) is 17.3. The minimum Gasteiger partial charge on any atom is -0.493 e. The molecule has 2 aliphatic rings. The van der Waals surface area contributed by atoms with E-state index in [2.05, 4.69) is 74.3 Å². The predicted octanol–water partition coefficient (Wildman–Crippen LogP) is 6.77. The zero-order valence-corrected chi connectivity index (χ0v) is 22.7. The second-order valence-corrected chi connectivity index (χ2v) is 10.7. The Morgan fingerprint density at radius 1 is 1.03 bits per heavy atom. The SMILES string of the molecule is CCCCCCCCOc1ccc(C=CC23NC(=O)CCN2c2ccc(C)cc2C3(C)C)cc1OC. The number of ether oxygens (including phenoxy) is 2. The Labute approximate surface area is 216 Å². The number of nitrogens with zero attached hydrogens (tertiary/aromatic N) is 1. The molecular formula is C31H42N2O3. The van der Waals surface area contributed by atoms with Crippen molar-refractivity contribution in [1.82, 2.24) is 5.32 Å². The van der Waals surface area contributed by atoms with Crippen LogP contribution in [0.5, 0.6) is 11.5 Å². The van der Waals surface area contributed by atoms with Crippen LogP contribution in [0.15, 0.2) is 42.5 Å². The van der Waals surface area contributed by atoms with Gasteiger partial charge < -0.3 is 19.7 Å². The lowest BCUT2D eigenvalue weighted by atomic mass is 9.74. The zero-order chi connectivity index (χ0) is 25.8. The summed E-state index contributed by atoms with van der Waals surface area (Å²) in [6, 6.07) is 12.7. The van der Waals surface area contributed by atoms with E-state index in [1.54, 1.807) is 7.11 Å².